The summed E-state index contributed by atoms with van der Waals surface area (Å²) in [6.07, 6.45) is 18.4. The summed E-state index contributed by atoms with van der Waals surface area (Å²) in [5.41, 5.74) is 0. The lowest BCUT2D eigenvalue weighted by molar-refractivity contribution is -0.101. The summed E-state index contributed by atoms with van der Waals surface area (Å²) in [6.45, 7) is 4.21. The van der Waals surface area contributed by atoms with Gasteiger partial charge in [-0.15, -0.1) is 6.58 Å². The fourth-order valence-electron chi connectivity index (χ4n) is 3.95. The maximum absolute atomic E-state index is 9.83. The summed E-state index contributed by atoms with van der Waals surface area (Å²) in [5.74, 6) is 0. The minimum atomic E-state index is -0.977. The summed E-state index contributed by atoms with van der Waals surface area (Å²) < 4.78 is 11.0. The SMILES string of the molecule is C=CCCCCCCCCCCCCCCCCO[C@H](CO)[C@H]1OC[C@H](O)[C@H]1O. The maximum atomic E-state index is 9.83. The van der Waals surface area contributed by atoms with Crippen LogP contribution in [0.4, 0.5) is 0 Å². The number of ether oxygens (including phenoxy) is 2. The molecule has 0 bridgehead atoms. The van der Waals surface area contributed by atoms with Crippen LogP contribution in [-0.4, -0.2) is 59.6 Å². The lowest BCUT2D eigenvalue weighted by Gasteiger charge is -2.24. The van der Waals surface area contributed by atoms with Gasteiger partial charge in [-0.1, -0.05) is 83.1 Å². The molecule has 1 fully saturated rings. The molecule has 0 aliphatic carbocycles. The lowest BCUT2D eigenvalue weighted by atomic mass is 10.0. The fraction of sp³-hybridized carbons (Fsp3) is 0.917. The van der Waals surface area contributed by atoms with Crippen molar-refractivity contribution in [1.82, 2.24) is 0 Å². The predicted molar refractivity (Wildman–Crippen MR) is 118 cm³/mol. The quantitative estimate of drug-likeness (QED) is 0.202. The second-order valence-corrected chi connectivity index (χ2v) is 8.47. The highest BCUT2D eigenvalue weighted by molar-refractivity contribution is 4.88. The Balaban J connectivity index is 1.81. The number of unbranched alkanes of at least 4 members (excludes halogenated alkanes) is 14. The van der Waals surface area contributed by atoms with Crippen LogP contribution in [0.5, 0.6) is 0 Å². The second-order valence-electron chi connectivity index (χ2n) is 8.47. The monoisotopic (exact) mass is 414 g/mol. The van der Waals surface area contributed by atoms with Crippen molar-refractivity contribution in [2.45, 2.75) is 121 Å². The van der Waals surface area contributed by atoms with Gasteiger partial charge in [0.1, 0.15) is 24.4 Å². The van der Waals surface area contributed by atoms with E-state index < -0.39 is 24.4 Å². The molecule has 1 aliphatic rings. The van der Waals surface area contributed by atoms with E-state index in [-0.39, 0.29) is 13.2 Å². The zero-order valence-corrected chi connectivity index (χ0v) is 18.5. The number of aliphatic hydroxyl groups excluding tert-OH is 3. The number of hydrogen-bond acceptors (Lipinski definition) is 5. The summed E-state index contributed by atoms with van der Waals surface area (Å²) >= 11 is 0. The topological polar surface area (TPSA) is 79.2 Å². The smallest absolute Gasteiger partial charge is 0.114 e. The van der Waals surface area contributed by atoms with Crippen LogP contribution in [0.3, 0.4) is 0 Å². The highest BCUT2D eigenvalue weighted by Gasteiger charge is 2.40. The van der Waals surface area contributed by atoms with Gasteiger partial charge in [0, 0.05) is 6.61 Å². The van der Waals surface area contributed by atoms with Crippen molar-refractivity contribution in [2.24, 2.45) is 0 Å². The molecule has 0 aromatic rings. The Kier molecular flexibility index (Phi) is 16.8. The van der Waals surface area contributed by atoms with Crippen molar-refractivity contribution in [2.75, 3.05) is 19.8 Å². The van der Waals surface area contributed by atoms with Crippen LogP contribution < -0.4 is 0 Å². The van der Waals surface area contributed by atoms with Gasteiger partial charge in [-0.2, -0.15) is 0 Å². The zero-order valence-electron chi connectivity index (χ0n) is 18.5. The van der Waals surface area contributed by atoms with Crippen LogP contribution in [0.1, 0.15) is 96.3 Å². The summed E-state index contributed by atoms with van der Waals surface area (Å²) in [5, 5.41) is 28.8. The van der Waals surface area contributed by atoms with E-state index in [1.165, 1.54) is 83.5 Å². The van der Waals surface area contributed by atoms with E-state index >= 15 is 0 Å². The van der Waals surface area contributed by atoms with Crippen LogP contribution in [0.25, 0.3) is 0 Å². The van der Waals surface area contributed by atoms with Gasteiger partial charge in [-0.25, -0.2) is 0 Å². The molecule has 29 heavy (non-hydrogen) atoms. The number of allylic oxidation sites excluding steroid dienone is 1. The Morgan fingerprint density at radius 1 is 0.828 bits per heavy atom. The first-order valence-corrected chi connectivity index (χ1v) is 12.0. The summed E-state index contributed by atoms with van der Waals surface area (Å²) in [6, 6.07) is 0. The van der Waals surface area contributed by atoms with Crippen molar-refractivity contribution >= 4 is 0 Å². The molecule has 1 aliphatic heterocycles. The van der Waals surface area contributed by atoms with Crippen LogP contribution >= 0.6 is 0 Å². The van der Waals surface area contributed by atoms with E-state index in [0.717, 1.165) is 12.8 Å². The third kappa shape index (κ3) is 12.7. The number of rotatable bonds is 20. The molecular weight excluding hydrogens is 368 g/mol. The Morgan fingerprint density at radius 3 is 1.72 bits per heavy atom. The van der Waals surface area contributed by atoms with Gasteiger partial charge >= 0.3 is 0 Å². The average Bonchev–Trinajstić information content (AvgIpc) is 3.06. The van der Waals surface area contributed by atoms with Gasteiger partial charge in [-0.3, -0.25) is 0 Å². The van der Waals surface area contributed by atoms with E-state index in [1.807, 2.05) is 6.08 Å². The molecule has 1 heterocycles. The molecule has 0 unspecified atom stereocenters. The van der Waals surface area contributed by atoms with Crippen molar-refractivity contribution in [1.29, 1.82) is 0 Å². The maximum Gasteiger partial charge on any atom is 0.114 e. The molecule has 1 rings (SSSR count). The highest BCUT2D eigenvalue weighted by atomic mass is 16.6. The minimum Gasteiger partial charge on any atom is -0.394 e. The molecule has 3 N–H and O–H groups in total. The zero-order chi connectivity index (χ0) is 21.2. The molecular formula is C24H46O5. The van der Waals surface area contributed by atoms with Crippen molar-refractivity contribution in [3.8, 4) is 0 Å². The first kappa shape index (κ1) is 26.6. The van der Waals surface area contributed by atoms with Crippen molar-refractivity contribution < 1.29 is 24.8 Å². The summed E-state index contributed by atoms with van der Waals surface area (Å²) in [4.78, 5) is 0. The van der Waals surface area contributed by atoms with Crippen LogP contribution in [0, 0.1) is 0 Å². The van der Waals surface area contributed by atoms with Gasteiger partial charge < -0.3 is 24.8 Å². The number of aliphatic hydroxyl groups is 3. The lowest BCUT2D eigenvalue weighted by Crippen LogP contribution is -2.42. The average molecular weight is 415 g/mol. The Morgan fingerprint density at radius 2 is 1.31 bits per heavy atom. The van der Waals surface area contributed by atoms with Crippen molar-refractivity contribution in [3.05, 3.63) is 12.7 Å². The highest BCUT2D eigenvalue weighted by Crippen LogP contribution is 2.20. The molecule has 0 spiro atoms. The largest absolute Gasteiger partial charge is 0.394 e. The molecule has 0 aromatic heterocycles. The molecule has 1 saturated heterocycles. The van der Waals surface area contributed by atoms with Gasteiger partial charge in [0.25, 0.3) is 0 Å². The molecule has 0 aromatic carbocycles. The Hall–Kier alpha value is -0.460. The van der Waals surface area contributed by atoms with Gasteiger partial charge in [0.15, 0.2) is 0 Å². The van der Waals surface area contributed by atoms with Crippen molar-refractivity contribution in [3.63, 3.8) is 0 Å². The molecule has 5 heteroatoms. The Labute approximate surface area is 178 Å². The molecule has 172 valence electrons. The Bertz CT molecular complexity index is 376. The molecule has 0 amide bonds. The standard InChI is InChI=1S/C24H46O5/c1-2-3-4-5-6-7-8-9-10-11-12-13-14-15-16-17-18-28-22(19-25)24-23(27)21(26)20-29-24/h2,21-27H,1,3-20H2/t21-,22+,23+,24+/m0/s1. The van der Waals surface area contributed by atoms with E-state index in [0.29, 0.717) is 6.61 Å². The third-order valence-electron chi connectivity index (χ3n) is 5.87. The van der Waals surface area contributed by atoms with Gasteiger partial charge in [0.05, 0.1) is 13.2 Å². The van der Waals surface area contributed by atoms with Crippen LogP contribution in [0.2, 0.25) is 0 Å². The van der Waals surface area contributed by atoms with Gasteiger partial charge in [0.2, 0.25) is 0 Å². The predicted octanol–water partition coefficient (Wildman–Crippen LogP) is 4.52. The summed E-state index contributed by atoms with van der Waals surface area (Å²) in [7, 11) is 0. The van der Waals surface area contributed by atoms with E-state index in [2.05, 4.69) is 6.58 Å². The first-order chi connectivity index (χ1) is 14.2. The van der Waals surface area contributed by atoms with E-state index in [9.17, 15) is 15.3 Å². The van der Waals surface area contributed by atoms with Crippen LogP contribution in [-0.2, 0) is 9.47 Å². The van der Waals surface area contributed by atoms with E-state index in [1.54, 1.807) is 0 Å². The molecule has 0 radical (unpaired) electrons. The minimum absolute atomic E-state index is 0.0990. The molecule has 4 atom stereocenters. The third-order valence-corrected chi connectivity index (χ3v) is 5.87. The van der Waals surface area contributed by atoms with Crippen LogP contribution in [0.15, 0.2) is 12.7 Å². The van der Waals surface area contributed by atoms with Gasteiger partial charge in [-0.05, 0) is 19.3 Å². The normalized spacial score (nSPS) is 22.8. The second kappa shape index (κ2) is 18.3. The number of hydrogen-bond donors (Lipinski definition) is 3. The first-order valence-electron chi connectivity index (χ1n) is 12.0. The molecule has 5 nitrogen and oxygen atoms in total. The van der Waals surface area contributed by atoms with E-state index in [4.69, 9.17) is 9.47 Å². The molecule has 0 saturated carbocycles. The fourth-order valence-corrected chi connectivity index (χ4v) is 3.95.